The molecular formula is C78H114N13O15W-. The number of oxime groups is 2. The molecule has 28 nitrogen and oxygen atoms in total. The Bertz CT molecular complexity index is 3400. The molecule has 0 spiro atoms. The van der Waals surface area contributed by atoms with E-state index in [2.05, 4.69) is 66.1 Å². The molecular weight excluding hydrogens is 1540 g/mol. The topological polar surface area (TPSA) is 349 Å². The largest absolute Gasteiger partial charge is 0.493 e. The van der Waals surface area contributed by atoms with Crippen molar-refractivity contribution in [1.29, 1.82) is 0 Å². The fraction of sp³-hybridized carbons (Fsp3) is 0.526. The van der Waals surface area contributed by atoms with Crippen molar-refractivity contribution >= 4 is 71.7 Å². The number of carbonyl (C=O) groups excluding carboxylic acids is 7. The van der Waals surface area contributed by atoms with E-state index in [4.69, 9.17) is 29.6 Å². The maximum atomic E-state index is 13.6. The summed E-state index contributed by atoms with van der Waals surface area (Å²) in [4.78, 5) is 108. The van der Waals surface area contributed by atoms with E-state index in [1.54, 1.807) is 150 Å². The Morgan fingerprint density at radius 2 is 0.860 bits per heavy atom. The minimum atomic E-state index is -0.968. The maximum Gasteiger partial charge on any atom is 0.293 e. The average molecular weight is 1660 g/mol. The van der Waals surface area contributed by atoms with Crippen LogP contribution in [0.15, 0.2) is 114 Å². The fourth-order valence-electron chi connectivity index (χ4n) is 10.8. The number of nitrogens with two attached hydrogens (primary N) is 1. The first-order valence-electron chi connectivity index (χ1n) is 35.5. The third kappa shape index (κ3) is 30.4. The quantitative estimate of drug-likeness (QED) is 0.0304. The number of benzene rings is 2. The van der Waals surface area contributed by atoms with Gasteiger partial charge in [0.15, 0.2) is 57.3 Å². The van der Waals surface area contributed by atoms with Gasteiger partial charge in [0.2, 0.25) is 11.6 Å². The Morgan fingerprint density at radius 1 is 0.514 bits per heavy atom. The fourth-order valence-corrected chi connectivity index (χ4v) is 10.8. The minimum absolute atomic E-state index is 0. The molecule has 7 N–H and O–H groups in total. The van der Waals surface area contributed by atoms with E-state index in [0.717, 1.165) is 76.5 Å². The van der Waals surface area contributed by atoms with Gasteiger partial charge in [0.1, 0.15) is 16.8 Å². The summed E-state index contributed by atoms with van der Waals surface area (Å²) < 4.78 is 29.8. The molecule has 4 fully saturated rings. The van der Waals surface area contributed by atoms with Crippen LogP contribution >= 0.6 is 0 Å². The van der Waals surface area contributed by atoms with E-state index in [-0.39, 0.29) is 92.2 Å². The molecule has 588 valence electrons. The van der Waals surface area contributed by atoms with Crippen molar-refractivity contribution in [3.05, 3.63) is 133 Å². The number of Topliss-reactive ketones (excluding diaryl/α,β-unsaturated/α-hetero) is 2. The summed E-state index contributed by atoms with van der Waals surface area (Å²) in [5.41, 5.74) is 5.44. The molecule has 4 atom stereocenters. The predicted molar refractivity (Wildman–Crippen MR) is 411 cm³/mol. The van der Waals surface area contributed by atoms with Gasteiger partial charge in [-0.15, -0.1) is 0 Å². The smallest absolute Gasteiger partial charge is 0.293 e. The van der Waals surface area contributed by atoms with E-state index in [1.807, 2.05) is 74.4 Å². The summed E-state index contributed by atoms with van der Waals surface area (Å²) >= 11 is 0. The molecule has 6 aliphatic rings. The Hall–Kier alpha value is -8.79. The van der Waals surface area contributed by atoms with Gasteiger partial charge < -0.3 is 77.8 Å². The summed E-state index contributed by atoms with van der Waals surface area (Å²) in [6, 6.07) is 25.5. The van der Waals surface area contributed by atoms with Crippen LogP contribution in [0.5, 0.6) is 17.2 Å². The van der Waals surface area contributed by atoms with Crippen molar-refractivity contribution in [3.8, 4) is 17.2 Å². The van der Waals surface area contributed by atoms with E-state index >= 15 is 0 Å². The van der Waals surface area contributed by atoms with Crippen LogP contribution in [-0.4, -0.2) is 195 Å². The van der Waals surface area contributed by atoms with Crippen LogP contribution < -0.4 is 56.3 Å². The van der Waals surface area contributed by atoms with E-state index in [0.29, 0.717) is 90.0 Å². The van der Waals surface area contributed by atoms with E-state index in [9.17, 15) is 33.6 Å². The summed E-state index contributed by atoms with van der Waals surface area (Å²) in [6.07, 6.45) is 13.6. The maximum absolute atomic E-state index is 13.6. The summed E-state index contributed by atoms with van der Waals surface area (Å²) in [5, 5.41) is 24.5. The molecule has 11 rings (SSSR count). The number of amides is 2. The number of ether oxygens (including phenoxy) is 6. The number of anilines is 3. The van der Waals surface area contributed by atoms with Crippen LogP contribution in [0.2, 0.25) is 0 Å². The summed E-state index contributed by atoms with van der Waals surface area (Å²) in [7, 11) is 4.81. The minimum Gasteiger partial charge on any atom is -0.493 e. The van der Waals surface area contributed by atoms with Crippen molar-refractivity contribution in [2.75, 3.05) is 88.8 Å². The zero-order valence-corrected chi connectivity index (χ0v) is 68.3. The number of hydrogen-bond acceptors (Lipinski definition) is 26. The number of aromatic nitrogens is 3. The molecule has 0 unspecified atom stereocenters. The molecule has 29 heteroatoms. The van der Waals surface area contributed by atoms with Crippen molar-refractivity contribution < 1.29 is 92.7 Å². The first-order chi connectivity index (χ1) is 49.8. The van der Waals surface area contributed by atoms with Crippen molar-refractivity contribution in [2.24, 2.45) is 16.0 Å². The number of nitrogens with one attached hydrogen (secondary N) is 5. The molecule has 9 heterocycles. The van der Waals surface area contributed by atoms with Crippen molar-refractivity contribution in [3.63, 3.8) is 0 Å². The Kier molecular flexibility index (Phi) is 39.0. The van der Waals surface area contributed by atoms with Gasteiger partial charge in [-0.3, -0.25) is 43.4 Å². The second kappa shape index (κ2) is 45.1. The third-order valence-corrected chi connectivity index (χ3v) is 16.3. The van der Waals surface area contributed by atoms with E-state index in [1.165, 1.54) is 25.7 Å². The van der Waals surface area contributed by atoms with Crippen LogP contribution in [0.3, 0.4) is 0 Å². The number of rotatable bonds is 16. The predicted octanol–water partition coefficient (Wildman–Crippen LogP) is 9.41. The van der Waals surface area contributed by atoms with Gasteiger partial charge >= 0.3 is 0 Å². The molecule has 2 amide bonds. The number of piperidine rings is 4. The van der Waals surface area contributed by atoms with Crippen LogP contribution in [0.1, 0.15) is 173 Å². The molecule has 0 aliphatic carbocycles. The van der Waals surface area contributed by atoms with Crippen molar-refractivity contribution in [2.45, 2.75) is 194 Å². The van der Waals surface area contributed by atoms with Gasteiger partial charge in [-0.05, 0) is 228 Å². The van der Waals surface area contributed by atoms with Gasteiger partial charge in [-0.2, -0.15) is 0 Å². The first-order valence-corrected chi connectivity index (χ1v) is 35.5. The molecule has 107 heavy (non-hydrogen) atoms. The zero-order chi connectivity index (χ0) is 77.4. The standard InChI is InChI=1S/2C23H26N4O4.C11H17N3O.C5H12N2.3C5H10O2.CH3.W/c2*1-23(2)20(28)19(26-31-23)15-8-10-16(11-9-15)22(29)27(17-6-4-12-24-14-17)21-18(30-3)7-5-13-25-21;1-15-10-5-3-7-13-11(10)14-9-4-2-6-12-8-9;6-5-2-1-3-7-4-5;3*1-5(2,3)7-4-6;;/h2*5,7-11,13,17,24H,4,6,12,14H2,1-3H3;3,5,7,9,12H,2,4,6,8H2,1H3,(H,13,14);5,7H,1-4,6H2;3*4H,1-3H3;1H3;/q;;;;;;;-1;/t2*17-;9-;5-;;;;;/m1111...../s1. The molecule has 6 aliphatic heterocycles. The summed E-state index contributed by atoms with van der Waals surface area (Å²) in [5.74, 6) is 3.03. The second-order valence-electron chi connectivity index (χ2n) is 29.1. The number of hydrogen-bond donors (Lipinski definition) is 6. The van der Waals surface area contributed by atoms with Crippen LogP contribution in [-0.2, 0) is 68.9 Å². The number of nitrogens with zero attached hydrogens (tertiary/aromatic N) is 7. The number of carbonyl (C=O) groups is 7. The number of pyridine rings is 3. The third-order valence-electron chi connectivity index (χ3n) is 16.3. The number of ketones is 2. The summed E-state index contributed by atoms with van der Waals surface area (Å²) in [6.45, 7) is 32.0. The molecule has 0 radical (unpaired) electrons. The molecule has 4 saturated heterocycles. The van der Waals surface area contributed by atoms with Crippen LogP contribution in [0.4, 0.5) is 17.5 Å². The normalized spacial score (nSPS) is 18.8. The molecule has 0 bridgehead atoms. The molecule has 3 aromatic heterocycles. The Balaban J connectivity index is 0.000000359. The van der Waals surface area contributed by atoms with Crippen LogP contribution in [0, 0.1) is 7.43 Å². The van der Waals surface area contributed by atoms with Gasteiger partial charge in [-0.25, -0.2) is 15.0 Å². The van der Waals surface area contributed by atoms with Crippen LogP contribution in [0.25, 0.3) is 0 Å². The SMILES string of the molecule is CC(C)(C)OC=O.CC(C)(C)OC=O.CC(C)(C)OC=O.COc1cccnc1N(C(=O)c1ccc(C2=NOC(C)(C)C2=O)cc1)[C@@H]1CCCNC1.COc1cccnc1N(C(=O)c1ccc(C2=NOC(C)(C)C2=O)cc1)[C@@H]1CCCNC1.COc1cccnc1N[C@@H]1CCCNC1.N[C@@H]1CCCNC1.[CH3-].[W]. The monoisotopic (exact) mass is 1660 g/mol. The average Bonchev–Trinajstić information content (AvgIpc) is 1.67. The molecule has 2 aromatic carbocycles. The zero-order valence-electron chi connectivity index (χ0n) is 65.4. The van der Waals surface area contributed by atoms with Gasteiger partial charge in [0.25, 0.3) is 31.2 Å². The molecule has 5 aromatic rings. The van der Waals surface area contributed by atoms with E-state index < -0.39 is 11.2 Å². The molecule has 0 saturated carbocycles. The first kappa shape index (κ1) is 92.4. The Morgan fingerprint density at radius 3 is 1.13 bits per heavy atom. The number of methoxy groups -OCH3 is 3. The van der Waals surface area contributed by atoms with Gasteiger partial charge in [0.05, 0.1) is 33.4 Å². The second-order valence-corrected chi connectivity index (χ2v) is 29.1. The van der Waals surface area contributed by atoms with Gasteiger partial charge in [-0.1, -0.05) is 34.6 Å². The van der Waals surface area contributed by atoms with Crippen molar-refractivity contribution in [1.82, 2.24) is 36.2 Å². The van der Waals surface area contributed by atoms with Gasteiger partial charge in [0, 0.05) is 100 Å². The Labute approximate surface area is 646 Å².